The van der Waals surface area contributed by atoms with Crippen LogP contribution >= 0.6 is 0 Å². The Morgan fingerprint density at radius 2 is 2.00 bits per heavy atom. The van der Waals surface area contributed by atoms with E-state index in [2.05, 4.69) is 25.3 Å². The van der Waals surface area contributed by atoms with Crippen LogP contribution in [0.5, 0.6) is 0 Å². The monoisotopic (exact) mass is 264 g/mol. The number of fused-ring (bicyclic) bond motifs is 1. The summed E-state index contributed by atoms with van der Waals surface area (Å²) in [4.78, 5) is 15.8. The van der Waals surface area contributed by atoms with E-state index in [0.717, 1.165) is 22.5 Å². The number of nitrogens with zero attached hydrogens (tertiary/aromatic N) is 4. The van der Waals surface area contributed by atoms with Gasteiger partial charge in [0, 0.05) is 11.8 Å². The number of anilines is 2. The van der Waals surface area contributed by atoms with Crippen LogP contribution in [0.15, 0.2) is 24.3 Å². The second-order valence-corrected chi connectivity index (χ2v) is 4.48. The Labute approximate surface area is 115 Å². The number of nitriles is 1. The van der Waals surface area contributed by atoms with Crippen molar-refractivity contribution in [2.45, 2.75) is 13.8 Å². The fourth-order valence-corrected chi connectivity index (χ4v) is 2.05. The van der Waals surface area contributed by atoms with E-state index in [-0.39, 0.29) is 0 Å². The molecule has 0 unspecified atom stereocenters. The number of aromatic nitrogens is 4. The van der Waals surface area contributed by atoms with Crippen LogP contribution in [0.2, 0.25) is 0 Å². The molecule has 6 nitrogen and oxygen atoms in total. The fourth-order valence-electron chi connectivity index (χ4n) is 2.05. The lowest BCUT2D eigenvalue weighted by molar-refractivity contribution is 1.04. The number of aromatic amines is 1. The van der Waals surface area contributed by atoms with Crippen LogP contribution in [0.1, 0.15) is 17.3 Å². The van der Waals surface area contributed by atoms with Crippen molar-refractivity contribution in [1.82, 2.24) is 19.9 Å². The molecule has 2 N–H and O–H groups in total. The van der Waals surface area contributed by atoms with Crippen molar-refractivity contribution in [2.24, 2.45) is 0 Å². The Bertz CT molecular complexity index is 827. The lowest BCUT2D eigenvalue weighted by Crippen LogP contribution is -1.99. The van der Waals surface area contributed by atoms with Gasteiger partial charge in [-0.25, -0.2) is 15.0 Å². The first kappa shape index (κ1) is 12.1. The molecular formula is C14H12N6. The van der Waals surface area contributed by atoms with Gasteiger partial charge in [0.2, 0.25) is 0 Å². The molecule has 0 aliphatic rings. The molecule has 0 fully saturated rings. The van der Waals surface area contributed by atoms with Crippen molar-refractivity contribution in [3.05, 3.63) is 41.6 Å². The molecule has 0 saturated heterocycles. The quantitative estimate of drug-likeness (QED) is 0.742. The molecule has 98 valence electrons. The van der Waals surface area contributed by atoms with Crippen LogP contribution in [0.25, 0.3) is 11.0 Å². The minimum atomic E-state index is 0.346. The highest BCUT2D eigenvalue weighted by atomic mass is 15.0. The number of benzene rings is 1. The first-order valence-corrected chi connectivity index (χ1v) is 6.13. The Kier molecular flexibility index (Phi) is 2.80. The van der Waals surface area contributed by atoms with Crippen molar-refractivity contribution in [3.8, 4) is 6.07 Å². The molecule has 0 spiro atoms. The van der Waals surface area contributed by atoms with E-state index in [1.165, 1.54) is 0 Å². The van der Waals surface area contributed by atoms with Gasteiger partial charge >= 0.3 is 0 Å². The van der Waals surface area contributed by atoms with Crippen LogP contribution < -0.4 is 5.32 Å². The lowest BCUT2D eigenvalue weighted by atomic mass is 10.2. The molecule has 0 atom stereocenters. The summed E-state index contributed by atoms with van der Waals surface area (Å²) in [6.07, 6.45) is 0. The van der Waals surface area contributed by atoms with Crippen molar-refractivity contribution in [1.29, 1.82) is 5.26 Å². The molecule has 3 rings (SSSR count). The number of aryl methyl sites for hydroxylation is 2. The summed E-state index contributed by atoms with van der Waals surface area (Å²) in [7, 11) is 0. The largest absolute Gasteiger partial charge is 0.342 e. The molecule has 20 heavy (non-hydrogen) atoms. The van der Waals surface area contributed by atoms with Gasteiger partial charge < -0.3 is 10.3 Å². The summed E-state index contributed by atoms with van der Waals surface area (Å²) in [5.41, 5.74) is 3.10. The van der Waals surface area contributed by atoms with Gasteiger partial charge in [-0.15, -0.1) is 0 Å². The van der Waals surface area contributed by atoms with Gasteiger partial charge in [-0.1, -0.05) is 0 Å². The first-order chi connectivity index (χ1) is 9.64. The molecule has 0 aliphatic heterocycles. The summed E-state index contributed by atoms with van der Waals surface area (Å²) in [5, 5.41) is 12.1. The predicted octanol–water partition coefficient (Wildman–Crippen LogP) is 2.59. The molecule has 2 aromatic heterocycles. The molecule has 6 heteroatoms. The predicted molar refractivity (Wildman–Crippen MR) is 75.6 cm³/mol. The summed E-state index contributed by atoms with van der Waals surface area (Å²) >= 11 is 0. The summed E-state index contributed by atoms with van der Waals surface area (Å²) < 4.78 is 0. The maximum atomic E-state index is 8.92. The van der Waals surface area contributed by atoms with Crippen LogP contribution in [0, 0.1) is 25.2 Å². The average Bonchev–Trinajstić information content (AvgIpc) is 2.77. The maximum absolute atomic E-state index is 8.92. The molecule has 0 aliphatic carbocycles. The highest BCUT2D eigenvalue weighted by Gasteiger charge is 2.04. The van der Waals surface area contributed by atoms with E-state index in [9.17, 15) is 0 Å². The van der Waals surface area contributed by atoms with Gasteiger partial charge in [-0.2, -0.15) is 5.26 Å². The van der Waals surface area contributed by atoms with E-state index >= 15 is 0 Å². The van der Waals surface area contributed by atoms with E-state index in [1.54, 1.807) is 13.0 Å². The minimum Gasteiger partial charge on any atom is -0.342 e. The minimum absolute atomic E-state index is 0.346. The first-order valence-electron chi connectivity index (χ1n) is 6.13. The Morgan fingerprint density at radius 3 is 2.80 bits per heavy atom. The third-order valence-electron chi connectivity index (χ3n) is 2.83. The topological polar surface area (TPSA) is 90.3 Å². The highest BCUT2D eigenvalue weighted by Crippen LogP contribution is 2.20. The van der Waals surface area contributed by atoms with Gasteiger partial charge in [0.15, 0.2) is 0 Å². The molecule has 1 aromatic carbocycles. The summed E-state index contributed by atoms with van der Waals surface area (Å²) in [5.74, 6) is 2.04. The Morgan fingerprint density at radius 1 is 1.15 bits per heavy atom. The average molecular weight is 264 g/mol. The lowest BCUT2D eigenvalue weighted by Gasteiger charge is -2.06. The van der Waals surface area contributed by atoms with Gasteiger partial charge in [-0.05, 0) is 32.0 Å². The standard InChI is InChI=1S/C14H12N6/c1-8-16-11(7-15)6-14(19-8)20-10-3-4-12-13(5-10)18-9(2)17-12/h3-6H,1-2H3,(H,17,18)(H,16,19,20). The van der Waals surface area contributed by atoms with E-state index in [0.29, 0.717) is 17.3 Å². The van der Waals surface area contributed by atoms with Gasteiger partial charge in [0.25, 0.3) is 0 Å². The van der Waals surface area contributed by atoms with Crippen molar-refractivity contribution < 1.29 is 0 Å². The van der Waals surface area contributed by atoms with Gasteiger partial charge in [0.05, 0.1) is 11.0 Å². The zero-order valence-electron chi connectivity index (χ0n) is 11.1. The second-order valence-electron chi connectivity index (χ2n) is 4.48. The Balaban J connectivity index is 1.96. The number of hydrogen-bond acceptors (Lipinski definition) is 5. The van der Waals surface area contributed by atoms with Crippen LogP contribution in [-0.4, -0.2) is 19.9 Å². The molecule has 3 aromatic rings. The second kappa shape index (κ2) is 4.63. The third-order valence-corrected chi connectivity index (χ3v) is 2.83. The van der Waals surface area contributed by atoms with Gasteiger partial charge in [0.1, 0.15) is 29.2 Å². The molecular weight excluding hydrogens is 252 g/mol. The molecule has 2 heterocycles. The number of H-pyrrole nitrogens is 1. The molecule has 0 amide bonds. The van der Waals surface area contributed by atoms with Gasteiger partial charge in [-0.3, -0.25) is 0 Å². The van der Waals surface area contributed by atoms with Crippen LogP contribution in [-0.2, 0) is 0 Å². The summed E-state index contributed by atoms with van der Waals surface area (Å²) in [6.45, 7) is 3.67. The van der Waals surface area contributed by atoms with E-state index < -0.39 is 0 Å². The normalized spacial score (nSPS) is 10.4. The zero-order valence-corrected chi connectivity index (χ0v) is 11.1. The number of nitrogens with one attached hydrogen (secondary N) is 2. The SMILES string of the molecule is Cc1nc(C#N)cc(Nc2ccc3nc(C)[nH]c3c2)n1. The van der Waals surface area contributed by atoms with E-state index in [4.69, 9.17) is 5.26 Å². The smallest absolute Gasteiger partial charge is 0.146 e. The number of imidazole rings is 1. The number of rotatable bonds is 2. The molecule has 0 radical (unpaired) electrons. The highest BCUT2D eigenvalue weighted by molar-refractivity contribution is 5.80. The van der Waals surface area contributed by atoms with Crippen molar-refractivity contribution >= 4 is 22.5 Å². The van der Waals surface area contributed by atoms with E-state index in [1.807, 2.05) is 31.2 Å². The fraction of sp³-hybridized carbons (Fsp3) is 0.143. The summed E-state index contributed by atoms with van der Waals surface area (Å²) in [6, 6.07) is 9.45. The van der Waals surface area contributed by atoms with Crippen molar-refractivity contribution in [3.63, 3.8) is 0 Å². The maximum Gasteiger partial charge on any atom is 0.146 e. The zero-order chi connectivity index (χ0) is 14.1. The van der Waals surface area contributed by atoms with Crippen LogP contribution in [0.4, 0.5) is 11.5 Å². The molecule has 0 saturated carbocycles. The Hall–Kier alpha value is -2.94. The number of hydrogen-bond donors (Lipinski definition) is 2. The molecule has 0 bridgehead atoms. The van der Waals surface area contributed by atoms with Crippen LogP contribution in [0.3, 0.4) is 0 Å². The third kappa shape index (κ3) is 2.29. The van der Waals surface area contributed by atoms with Crippen molar-refractivity contribution in [2.75, 3.05) is 5.32 Å².